The first-order valence-corrected chi connectivity index (χ1v) is 11.7. The number of ketones is 1. The molecular formula is C29H29NO6. The van der Waals surface area contributed by atoms with Gasteiger partial charge in [0.2, 0.25) is 0 Å². The van der Waals surface area contributed by atoms with Crippen LogP contribution in [0.25, 0.3) is 5.76 Å². The molecule has 3 aromatic rings. The lowest BCUT2D eigenvalue weighted by Crippen LogP contribution is -2.31. The molecule has 0 bridgehead atoms. The minimum atomic E-state index is -0.778. The molecule has 0 radical (unpaired) electrons. The zero-order valence-electron chi connectivity index (χ0n) is 20.3. The third-order valence-corrected chi connectivity index (χ3v) is 6.28. The SMILES string of the molecule is COCCCN1C(=O)C(=O)/C(=C(/O)c2ccc(OCc3ccccc3C)cc2)C1c1ccc(O)cc1. The van der Waals surface area contributed by atoms with Crippen LogP contribution in [0, 0.1) is 6.92 Å². The number of hydrogen-bond donors (Lipinski definition) is 2. The third kappa shape index (κ3) is 5.26. The van der Waals surface area contributed by atoms with E-state index >= 15 is 0 Å². The number of carbonyl (C=O) groups excluding carboxylic acids is 2. The van der Waals surface area contributed by atoms with Crippen LogP contribution in [0.4, 0.5) is 0 Å². The zero-order valence-corrected chi connectivity index (χ0v) is 20.3. The smallest absolute Gasteiger partial charge is 0.295 e. The molecule has 0 aromatic heterocycles. The zero-order chi connectivity index (χ0) is 25.7. The van der Waals surface area contributed by atoms with E-state index in [9.17, 15) is 19.8 Å². The van der Waals surface area contributed by atoms with Crippen molar-refractivity contribution < 1.29 is 29.3 Å². The number of aromatic hydroxyl groups is 1. The highest BCUT2D eigenvalue weighted by Crippen LogP contribution is 2.40. The summed E-state index contributed by atoms with van der Waals surface area (Å²) in [5, 5.41) is 20.9. The van der Waals surface area contributed by atoms with E-state index in [4.69, 9.17) is 9.47 Å². The molecule has 36 heavy (non-hydrogen) atoms. The van der Waals surface area contributed by atoms with Crippen molar-refractivity contribution in [2.24, 2.45) is 0 Å². The first kappa shape index (κ1) is 25.0. The third-order valence-electron chi connectivity index (χ3n) is 6.28. The number of aliphatic hydroxyl groups is 1. The highest BCUT2D eigenvalue weighted by atomic mass is 16.5. The molecule has 1 fully saturated rings. The molecule has 4 rings (SSSR count). The van der Waals surface area contributed by atoms with Crippen LogP contribution < -0.4 is 4.74 Å². The number of aliphatic hydroxyl groups excluding tert-OH is 1. The predicted octanol–water partition coefficient (Wildman–Crippen LogP) is 4.74. The minimum Gasteiger partial charge on any atom is -0.508 e. The Kier molecular flexibility index (Phi) is 7.71. The average molecular weight is 488 g/mol. The Balaban J connectivity index is 1.63. The van der Waals surface area contributed by atoms with Crippen molar-refractivity contribution in [2.75, 3.05) is 20.3 Å². The number of carbonyl (C=O) groups is 2. The first-order valence-electron chi connectivity index (χ1n) is 11.7. The molecule has 1 amide bonds. The van der Waals surface area contributed by atoms with Gasteiger partial charge in [0.1, 0.15) is 23.9 Å². The second kappa shape index (κ2) is 11.1. The van der Waals surface area contributed by atoms with Gasteiger partial charge in [-0.1, -0.05) is 36.4 Å². The molecule has 1 atom stereocenters. The average Bonchev–Trinajstić information content (AvgIpc) is 3.14. The molecule has 0 aliphatic carbocycles. The summed E-state index contributed by atoms with van der Waals surface area (Å²) in [7, 11) is 1.57. The van der Waals surface area contributed by atoms with Crippen LogP contribution in [0.3, 0.4) is 0 Å². The van der Waals surface area contributed by atoms with Crippen molar-refractivity contribution in [3.05, 3.63) is 101 Å². The van der Waals surface area contributed by atoms with Crippen LogP contribution in [0.15, 0.2) is 78.4 Å². The molecule has 1 heterocycles. The van der Waals surface area contributed by atoms with Crippen molar-refractivity contribution >= 4 is 17.4 Å². The van der Waals surface area contributed by atoms with E-state index in [1.807, 2.05) is 31.2 Å². The number of phenols is 1. The number of benzene rings is 3. The number of amides is 1. The van der Waals surface area contributed by atoms with E-state index < -0.39 is 17.7 Å². The fourth-order valence-corrected chi connectivity index (χ4v) is 4.29. The first-order chi connectivity index (χ1) is 17.4. The van der Waals surface area contributed by atoms with Crippen molar-refractivity contribution in [2.45, 2.75) is 26.0 Å². The number of aryl methyl sites for hydroxylation is 1. The van der Waals surface area contributed by atoms with Gasteiger partial charge in [0.05, 0.1) is 11.6 Å². The highest BCUT2D eigenvalue weighted by molar-refractivity contribution is 6.46. The van der Waals surface area contributed by atoms with Gasteiger partial charge in [-0.15, -0.1) is 0 Å². The summed E-state index contributed by atoms with van der Waals surface area (Å²) in [5.41, 5.74) is 3.24. The Hall–Kier alpha value is -4.10. The van der Waals surface area contributed by atoms with E-state index in [2.05, 4.69) is 0 Å². The Morgan fingerprint density at radius 1 is 0.972 bits per heavy atom. The summed E-state index contributed by atoms with van der Waals surface area (Å²) in [6.45, 7) is 3.14. The summed E-state index contributed by atoms with van der Waals surface area (Å²) in [6, 6.07) is 20.2. The number of ether oxygens (including phenoxy) is 2. The summed E-state index contributed by atoms with van der Waals surface area (Å²) < 4.78 is 11.0. The van der Waals surface area contributed by atoms with Crippen LogP contribution in [0.2, 0.25) is 0 Å². The van der Waals surface area contributed by atoms with Gasteiger partial charge in [-0.05, 0) is 66.4 Å². The van der Waals surface area contributed by atoms with Gasteiger partial charge in [-0.2, -0.15) is 0 Å². The largest absolute Gasteiger partial charge is 0.508 e. The molecule has 7 heteroatoms. The number of hydrogen-bond acceptors (Lipinski definition) is 6. The molecule has 0 spiro atoms. The standard InChI is InChI=1S/C29H29NO6/c1-19-6-3-4-7-22(19)18-36-24-14-10-21(11-15-24)27(32)25-26(20-8-12-23(31)13-9-20)30(16-5-17-35-2)29(34)28(25)33/h3-4,6-15,26,31-32H,5,16-18H2,1-2H3/b27-25+. The fraction of sp³-hybridized carbons (Fsp3) is 0.241. The van der Waals surface area contributed by atoms with Crippen LogP contribution >= 0.6 is 0 Å². The molecule has 186 valence electrons. The number of methoxy groups -OCH3 is 1. The van der Waals surface area contributed by atoms with Gasteiger partial charge in [0.25, 0.3) is 11.7 Å². The molecule has 1 aliphatic heterocycles. The topological polar surface area (TPSA) is 96.3 Å². The van der Waals surface area contributed by atoms with Gasteiger partial charge in [-0.3, -0.25) is 9.59 Å². The molecule has 1 saturated heterocycles. The van der Waals surface area contributed by atoms with Gasteiger partial charge in [0, 0.05) is 25.8 Å². The molecule has 1 aliphatic rings. The van der Waals surface area contributed by atoms with Crippen molar-refractivity contribution in [1.29, 1.82) is 0 Å². The molecule has 0 saturated carbocycles. The van der Waals surface area contributed by atoms with Crippen molar-refractivity contribution in [3.8, 4) is 11.5 Å². The molecule has 2 N–H and O–H groups in total. The second-order valence-corrected chi connectivity index (χ2v) is 8.67. The maximum absolute atomic E-state index is 13.1. The van der Waals surface area contributed by atoms with E-state index in [0.717, 1.165) is 11.1 Å². The Labute approximate surface area is 210 Å². The molecule has 7 nitrogen and oxygen atoms in total. The van der Waals surface area contributed by atoms with Crippen molar-refractivity contribution in [3.63, 3.8) is 0 Å². The lowest BCUT2D eigenvalue weighted by molar-refractivity contribution is -0.140. The second-order valence-electron chi connectivity index (χ2n) is 8.67. The van der Waals surface area contributed by atoms with Crippen LogP contribution in [-0.2, 0) is 20.9 Å². The molecular weight excluding hydrogens is 458 g/mol. The van der Waals surface area contributed by atoms with Gasteiger partial charge < -0.3 is 24.6 Å². The normalized spacial score (nSPS) is 16.9. The van der Waals surface area contributed by atoms with Gasteiger partial charge >= 0.3 is 0 Å². The maximum Gasteiger partial charge on any atom is 0.295 e. The Morgan fingerprint density at radius 3 is 2.33 bits per heavy atom. The van der Waals surface area contributed by atoms with Crippen LogP contribution in [0.5, 0.6) is 11.5 Å². The summed E-state index contributed by atoms with van der Waals surface area (Å²) >= 11 is 0. The lowest BCUT2D eigenvalue weighted by atomic mass is 9.95. The van der Waals surface area contributed by atoms with E-state index in [1.165, 1.54) is 17.0 Å². The monoisotopic (exact) mass is 487 g/mol. The summed E-state index contributed by atoms with van der Waals surface area (Å²) in [5.74, 6) is -1.00. The number of likely N-dealkylation sites (tertiary alicyclic amines) is 1. The summed E-state index contributed by atoms with van der Waals surface area (Å²) in [4.78, 5) is 27.4. The number of phenolic OH excluding ortho intramolecular Hbond substituents is 1. The quantitative estimate of drug-likeness (QED) is 0.196. The highest BCUT2D eigenvalue weighted by Gasteiger charge is 2.45. The number of rotatable bonds is 9. The Morgan fingerprint density at radius 2 is 1.67 bits per heavy atom. The van der Waals surface area contributed by atoms with Crippen LogP contribution in [0.1, 0.15) is 34.7 Å². The molecule has 1 unspecified atom stereocenters. The lowest BCUT2D eigenvalue weighted by Gasteiger charge is -2.25. The molecule has 3 aromatic carbocycles. The van der Waals surface area contributed by atoms with Gasteiger partial charge in [0.15, 0.2) is 0 Å². The van der Waals surface area contributed by atoms with E-state index in [0.29, 0.717) is 36.5 Å². The minimum absolute atomic E-state index is 0.0108. The predicted molar refractivity (Wildman–Crippen MR) is 136 cm³/mol. The summed E-state index contributed by atoms with van der Waals surface area (Å²) in [6.07, 6.45) is 0.533. The Bertz CT molecular complexity index is 1260. The fourth-order valence-electron chi connectivity index (χ4n) is 4.29. The maximum atomic E-state index is 13.1. The number of nitrogens with zero attached hydrogens (tertiary/aromatic N) is 1. The van der Waals surface area contributed by atoms with E-state index in [1.54, 1.807) is 43.5 Å². The van der Waals surface area contributed by atoms with Gasteiger partial charge in [-0.25, -0.2) is 0 Å². The van der Waals surface area contributed by atoms with E-state index in [-0.39, 0.29) is 23.6 Å². The number of Topliss-reactive ketones (excluding diaryl/α,β-unsaturated/α-hetero) is 1. The van der Waals surface area contributed by atoms with Crippen LogP contribution in [-0.4, -0.2) is 47.1 Å². The van der Waals surface area contributed by atoms with Crippen molar-refractivity contribution in [1.82, 2.24) is 4.90 Å².